The summed E-state index contributed by atoms with van der Waals surface area (Å²) in [6.07, 6.45) is 6.68. The molecule has 0 saturated heterocycles. The van der Waals surface area contributed by atoms with Crippen molar-refractivity contribution in [1.29, 1.82) is 0 Å². The van der Waals surface area contributed by atoms with E-state index in [0.29, 0.717) is 26.8 Å². The van der Waals surface area contributed by atoms with Crippen molar-refractivity contribution in [2.24, 2.45) is 0 Å². The number of amides is 1. The van der Waals surface area contributed by atoms with Crippen molar-refractivity contribution in [2.45, 2.75) is 52.6 Å². The average molecular weight is 458 g/mol. The molecule has 1 aliphatic heterocycles. The Bertz CT molecular complexity index is 1320. The van der Waals surface area contributed by atoms with Crippen LogP contribution in [-0.4, -0.2) is 35.0 Å². The molecule has 0 fully saturated rings. The normalized spacial score (nSPS) is 14.0. The number of aryl methyl sites for hydroxylation is 4. The van der Waals surface area contributed by atoms with E-state index in [1.165, 1.54) is 12.4 Å². The lowest BCUT2D eigenvalue weighted by atomic mass is 10.2. The molecule has 1 amide bonds. The summed E-state index contributed by atoms with van der Waals surface area (Å²) in [7, 11) is 0. The zero-order chi connectivity index (χ0) is 22.4. The molecule has 0 unspecified atom stereocenters. The first-order valence-corrected chi connectivity index (χ1v) is 11.2. The van der Waals surface area contributed by atoms with Gasteiger partial charge in [-0.25, -0.2) is 19.9 Å². The zero-order valence-electron chi connectivity index (χ0n) is 17.6. The number of anilines is 1. The number of aromatic nitrogens is 6. The molecule has 0 atom stereocenters. The average Bonchev–Trinajstić information content (AvgIpc) is 3.40. The summed E-state index contributed by atoms with van der Waals surface area (Å²) >= 11 is 1.11. The van der Waals surface area contributed by atoms with Crippen LogP contribution in [0.2, 0.25) is 0 Å². The number of alkyl halides is 2. The van der Waals surface area contributed by atoms with E-state index in [1.807, 2.05) is 6.92 Å². The molecule has 11 heteroatoms. The Morgan fingerprint density at radius 2 is 2.03 bits per heavy atom. The van der Waals surface area contributed by atoms with Gasteiger partial charge in [-0.05, 0) is 32.8 Å². The first-order valence-electron chi connectivity index (χ1n) is 10.4. The van der Waals surface area contributed by atoms with E-state index >= 15 is 0 Å². The topological polar surface area (TPSA) is 90.5 Å². The van der Waals surface area contributed by atoms with Crippen molar-refractivity contribution in [3.63, 3.8) is 0 Å². The summed E-state index contributed by atoms with van der Waals surface area (Å²) in [6.45, 7) is 1.68. The molecular weight excluding hydrogens is 436 g/mol. The third-order valence-electron chi connectivity index (χ3n) is 5.54. The van der Waals surface area contributed by atoms with Crippen LogP contribution in [0.4, 0.5) is 13.9 Å². The molecule has 0 spiro atoms. The maximum Gasteiger partial charge on any atom is 0.320 e. The second-order valence-corrected chi connectivity index (χ2v) is 8.80. The SMILES string of the molecule is Cc1cc(C(=O)Nc2nc(C)c(-c3nccn3C(F)F)s2)c2nc3n(c2n1)CCCCC3. The number of nitrogens with zero attached hydrogens (tertiary/aromatic N) is 6. The Morgan fingerprint density at radius 3 is 2.84 bits per heavy atom. The second-order valence-electron chi connectivity index (χ2n) is 7.80. The maximum absolute atomic E-state index is 13.2. The highest BCUT2D eigenvalue weighted by molar-refractivity contribution is 7.19. The monoisotopic (exact) mass is 457 g/mol. The lowest BCUT2D eigenvalue weighted by molar-refractivity contribution is 0.0720. The Hall–Kier alpha value is -3.21. The minimum atomic E-state index is -2.71. The zero-order valence-corrected chi connectivity index (χ0v) is 18.4. The fraction of sp³-hybridized carbons (Fsp3) is 0.381. The van der Waals surface area contributed by atoms with Crippen molar-refractivity contribution in [3.05, 3.63) is 41.2 Å². The fourth-order valence-electron chi connectivity index (χ4n) is 4.06. The smallest absolute Gasteiger partial charge is 0.313 e. The van der Waals surface area contributed by atoms with Gasteiger partial charge in [0.25, 0.3) is 5.91 Å². The minimum absolute atomic E-state index is 0.121. The highest BCUT2D eigenvalue weighted by atomic mass is 32.1. The molecule has 0 bridgehead atoms. The molecule has 0 saturated carbocycles. The van der Waals surface area contributed by atoms with Crippen LogP contribution in [0.1, 0.15) is 53.4 Å². The van der Waals surface area contributed by atoms with Gasteiger partial charge in [-0.2, -0.15) is 8.78 Å². The highest BCUT2D eigenvalue weighted by Gasteiger charge is 2.23. The van der Waals surface area contributed by atoms with Crippen LogP contribution in [0.3, 0.4) is 0 Å². The molecule has 32 heavy (non-hydrogen) atoms. The number of carbonyl (C=O) groups excluding carboxylic acids is 1. The van der Waals surface area contributed by atoms with Crippen molar-refractivity contribution >= 4 is 33.5 Å². The molecule has 166 valence electrons. The largest absolute Gasteiger partial charge is 0.320 e. The number of fused-ring (bicyclic) bond motifs is 3. The van der Waals surface area contributed by atoms with Gasteiger partial charge in [-0.3, -0.25) is 14.7 Å². The predicted molar refractivity (Wildman–Crippen MR) is 117 cm³/mol. The van der Waals surface area contributed by atoms with Gasteiger partial charge >= 0.3 is 6.55 Å². The third kappa shape index (κ3) is 3.56. The van der Waals surface area contributed by atoms with Gasteiger partial charge in [-0.1, -0.05) is 17.8 Å². The van der Waals surface area contributed by atoms with E-state index in [2.05, 4.69) is 24.8 Å². The van der Waals surface area contributed by atoms with E-state index in [0.717, 1.165) is 65.3 Å². The van der Waals surface area contributed by atoms with Crippen LogP contribution < -0.4 is 5.32 Å². The second kappa shape index (κ2) is 8.05. The van der Waals surface area contributed by atoms with E-state index in [9.17, 15) is 13.6 Å². The van der Waals surface area contributed by atoms with Gasteiger partial charge in [0.15, 0.2) is 16.6 Å². The molecule has 4 aromatic heterocycles. The Morgan fingerprint density at radius 1 is 1.19 bits per heavy atom. The van der Waals surface area contributed by atoms with Gasteiger partial charge in [0, 0.05) is 31.1 Å². The van der Waals surface area contributed by atoms with Crippen molar-refractivity contribution in [3.8, 4) is 10.7 Å². The Labute approximate surface area is 186 Å². The summed E-state index contributed by atoms with van der Waals surface area (Å²) in [6, 6.07) is 1.72. The first kappa shape index (κ1) is 20.7. The lowest BCUT2D eigenvalue weighted by Crippen LogP contribution is -2.13. The molecule has 8 nitrogen and oxygen atoms in total. The van der Waals surface area contributed by atoms with Gasteiger partial charge in [0.2, 0.25) is 0 Å². The molecule has 0 aliphatic carbocycles. The fourth-order valence-corrected chi connectivity index (χ4v) is 5.02. The third-order valence-corrected chi connectivity index (χ3v) is 6.61. The summed E-state index contributed by atoms with van der Waals surface area (Å²) in [5.74, 6) is 0.720. The number of imidazole rings is 2. The standard InChI is InChI=1S/C21H21F2N7OS/c1-11-10-13(15-17(25-11)29-8-5-3-4-6-14(29)27-15)19(31)28-21-26-12(2)16(32-21)18-24-7-9-30(18)20(22)23/h7,9-10,20H,3-6,8H2,1-2H3,(H,26,28,31). The number of thiazole rings is 1. The number of halogens is 2. The number of hydrogen-bond donors (Lipinski definition) is 1. The predicted octanol–water partition coefficient (Wildman–Crippen LogP) is 4.74. The van der Waals surface area contributed by atoms with Crippen molar-refractivity contribution < 1.29 is 13.6 Å². The number of carbonyl (C=O) groups is 1. The van der Waals surface area contributed by atoms with Gasteiger partial charge < -0.3 is 4.57 Å². The summed E-state index contributed by atoms with van der Waals surface area (Å²) in [4.78, 5) is 31.4. The number of pyridine rings is 1. The highest BCUT2D eigenvalue weighted by Crippen LogP contribution is 2.34. The van der Waals surface area contributed by atoms with E-state index < -0.39 is 6.55 Å². The van der Waals surface area contributed by atoms with Gasteiger partial charge in [0.1, 0.15) is 11.3 Å². The Kier molecular flexibility index (Phi) is 5.20. The maximum atomic E-state index is 13.2. The van der Waals surface area contributed by atoms with Crippen LogP contribution in [-0.2, 0) is 13.0 Å². The number of rotatable bonds is 4. The van der Waals surface area contributed by atoms with E-state index in [4.69, 9.17) is 4.98 Å². The molecule has 5 heterocycles. The summed E-state index contributed by atoms with van der Waals surface area (Å²) < 4.78 is 29.4. The van der Waals surface area contributed by atoms with Gasteiger partial charge in [0.05, 0.1) is 16.1 Å². The van der Waals surface area contributed by atoms with Crippen LogP contribution in [0, 0.1) is 13.8 Å². The van der Waals surface area contributed by atoms with E-state index in [1.54, 1.807) is 13.0 Å². The lowest BCUT2D eigenvalue weighted by Gasteiger charge is -2.06. The van der Waals surface area contributed by atoms with Crippen LogP contribution in [0.5, 0.6) is 0 Å². The first-order chi connectivity index (χ1) is 15.4. The molecule has 5 rings (SSSR count). The molecule has 4 aromatic rings. The van der Waals surface area contributed by atoms with Crippen molar-refractivity contribution in [1.82, 2.24) is 29.1 Å². The molecule has 1 N–H and O–H groups in total. The molecular formula is C21H21F2N7OS. The number of nitrogens with one attached hydrogen (secondary N) is 1. The molecule has 1 aliphatic rings. The van der Waals surface area contributed by atoms with E-state index in [-0.39, 0.29) is 11.7 Å². The van der Waals surface area contributed by atoms with Crippen LogP contribution in [0.15, 0.2) is 18.5 Å². The summed E-state index contributed by atoms with van der Waals surface area (Å²) in [5.41, 5.74) is 2.97. The summed E-state index contributed by atoms with van der Waals surface area (Å²) in [5, 5.41) is 3.12. The van der Waals surface area contributed by atoms with Gasteiger partial charge in [-0.15, -0.1) is 0 Å². The molecule has 0 radical (unpaired) electrons. The number of hydrogen-bond acceptors (Lipinski definition) is 6. The minimum Gasteiger partial charge on any atom is -0.313 e. The quantitative estimate of drug-likeness (QED) is 0.478. The molecule has 0 aromatic carbocycles. The Balaban J connectivity index is 1.49. The van der Waals surface area contributed by atoms with Crippen LogP contribution >= 0.6 is 11.3 Å². The van der Waals surface area contributed by atoms with Crippen molar-refractivity contribution in [2.75, 3.05) is 5.32 Å². The van der Waals surface area contributed by atoms with Crippen LogP contribution in [0.25, 0.3) is 21.9 Å².